The van der Waals surface area contributed by atoms with Gasteiger partial charge in [0.2, 0.25) is 0 Å². The molecule has 6 heteroatoms. The maximum Gasteiger partial charge on any atom is 0.334 e. The second-order valence-corrected chi connectivity index (χ2v) is 6.14. The maximum absolute atomic E-state index is 12.5. The molecule has 2 aliphatic rings. The van der Waals surface area contributed by atoms with Gasteiger partial charge in [-0.1, -0.05) is 49.1 Å². The number of amides is 4. The lowest BCUT2D eigenvalue weighted by Gasteiger charge is -2.28. The zero-order chi connectivity index (χ0) is 15.7. The second kappa shape index (κ2) is 6.08. The monoisotopic (exact) mass is 320 g/mol. The Labute approximate surface area is 133 Å². The van der Waals surface area contributed by atoms with Crippen LogP contribution in [0.1, 0.15) is 37.7 Å². The molecule has 22 heavy (non-hydrogen) atoms. The lowest BCUT2D eigenvalue weighted by molar-refractivity contribution is -0.144. The van der Waals surface area contributed by atoms with Crippen molar-refractivity contribution in [2.75, 3.05) is 0 Å². The molecule has 5 nitrogen and oxygen atoms in total. The topological polar surface area (TPSA) is 57.7 Å². The van der Waals surface area contributed by atoms with E-state index in [9.17, 15) is 14.4 Å². The zero-order valence-corrected chi connectivity index (χ0v) is 12.9. The van der Waals surface area contributed by atoms with E-state index >= 15 is 0 Å². The molecule has 1 aliphatic carbocycles. The summed E-state index contributed by atoms with van der Waals surface area (Å²) >= 11 is 6.07. The van der Waals surface area contributed by atoms with Crippen LogP contribution in [0.3, 0.4) is 0 Å². The van der Waals surface area contributed by atoms with E-state index < -0.39 is 17.8 Å². The van der Waals surface area contributed by atoms with Crippen LogP contribution in [0.15, 0.2) is 24.3 Å². The number of rotatable bonds is 3. The van der Waals surface area contributed by atoms with Crippen LogP contribution in [-0.2, 0) is 16.1 Å². The van der Waals surface area contributed by atoms with Crippen molar-refractivity contribution < 1.29 is 14.4 Å². The van der Waals surface area contributed by atoms with Gasteiger partial charge in [0.15, 0.2) is 0 Å². The summed E-state index contributed by atoms with van der Waals surface area (Å²) < 4.78 is 0. The molecule has 116 valence electrons. The third-order valence-corrected chi connectivity index (χ3v) is 4.68. The van der Waals surface area contributed by atoms with Crippen molar-refractivity contribution in [3.05, 3.63) is 34.9 Å². The van der Waals surface area contributed by atoms with Crippen molar-refractivity contribution in [1.29, 1.82) is 0 Å². The molecule has 1 saturated carbocycles. The standard InChI is InChI=1S/C16H17ClN2O3/c17-13-9-5-4-6-11(13)10-18-14(20)15(21)19(16(18)22)12-7-2-1-3-8-12/h4-6,9,12H,1-3,7-8,10H2. The molecule has 1 aliphatic heterocycles. The Morgan fingerprint density at radius 3 is 2.36 bits per heavy atom. The molecule has 1 aromatic carbocycles. The highest BCUT2D eigenvalue weighted by molar-refractivity contribution is 6.44. The Hall–Kier alpha value is -1.88. The fourth-order valence-corrected chi connectivity index (χ4v) is 3.32. The number of halogens is 1. The third kappa shape index (κ3) is 2.61. The smallest absolute Gasteiger partial charge is 0.263 e. The number of imide groups is 2. The SMILES string of the molecule is O=C1C(=O)N(C2CCCCC2)C(=O)N1Cc1ccccc1Cl. The van der Waals surface area contributed by atoms with Crippen LogP contribution in [0.2, 0.25) is 5.02 Å². The van der Waals surface area contributed by atoms with E-state index in [4.69, 9.17) is 11.6 Å². The lowest BCUT2D eigenvalue weighted by Crippen LogP contribution is -2.42. The largest absolute Gasteiger partial charge is 0.334 e. The molecule has 0 N–H and O–H groups in total. The average molecular weight is 321 g/mol. The first-order valence-corrected chi connectivity index (χ1v) is 7.90. The molecule has 3 rings (SSSR count). The number of urea groups is 1. The summed E-state index contributed by atoms with van der Waals surface area (Å²) in [6.07, 6.45) is 4.65. The molecule has 4 amide bonds. The van der Waals surface area contributed by atoms with Crippen LogP contribution in [0.4, 0.5) is 4.79 Å². The van der Waals surface area contributed by atoms with Crippen LogP contribution in [0, 0.1) is 0 Å². The predicted octanol–water partition coefficient (Wildman–Crippen LogP) is 2.96. The molecule has 1 saturated heterocycles. The minimum absolute atomic E-state index is 0.0340. The van der Waals surface area contributed by atoms with Gasteiger partial charge in [0.1, 0.15) is 0 Å². The van der Waals surface area contributed by atoms with Gasteiger partial charge in [-0.3, -0.25) is 19.4 Å². The molecular formula is C16H17ClN2O3. The van der Waals surface area contributed by atoms with Crippen LogP contribution in [-0.4, -0.2) is 33.7 Å². The zero-order valence-electron chi connectivity index (χ0n) is 12.1. The van der Waals surface area contributed by atoms with Gasteiger partial charge in [0.05, 0.1) is 6.54 Å². The summed E-state index contributed by atoms with van der Waals surface area (Å²) in [5, 5.41) is 0.478. The summed E-state index contributed by atoms with van der Waals surface area (Å²) in [6.45, 7) is 0.0340. The minimum atomic E-state index is -0.754. The summed E-state index contributed by atoms with van der Waals surface area (Å²) in [4.78, 5) is 39.0. The third-order valence-electron chi connectivity index (χ3n) is 4.31. The van der Waals surface area contributed by atoms with Crippen LogP contribution >= 0.6 is 11.6 Å². The lowest BCUT2D eigenvalue weighted by atomic mass is 9.94. The van der Waals surface area contributed by atoms with Crippen molar-refractivity contribution >= 4 is 29.4 Å². The highest BCUT2D eigenvalue weighted by Crippen LogP contribution is 2.28. The van der Waals surface area contributed by atoms with Crippen LogP contribution < -0.4 is 0 Å². The van der Waals surface area contributed by atoms with Crippen molar-refractivity contribution in [1.82, 2.24) is 9.80 Å². The average Bonchev–Trinajstić information content (AvgIpc) is 2.74. The summed E-state index contributed by atoms with van der Waals surface area (Å²) in [5.74, 6) is -1.46. The number of hydrogen-bond donors (Lipinski definition) is 0. The first kappa shape index (κ1) is 15.0. The van der Waals surface area contributed by atoms with E-state index in [0.717, 1.165) is 41.9 Å². The molecular weight excluding hydrogens is 304 g/mol. The first-order chi connectivity index (χ1) is 10.6. The van der Waals surface area contributed by atoms with E-state index in [1.54, 1.807) is 24.3 Å². The summed E-state index contributed by atoms with van der Waals surface area (Å²) in [5.41, 5.74) is 0.657. The Morgan fingerprint density at radius 1 is 1.00 bits per heavy atom. The van der Waals surface area contributed by atoms with E-state index in [2.05, 4.69) is 0 Å². The molecule has 1 aromatic rings. The number of carbonyl (C=O) groups excluding carboxylic acids is 3. The predicted molar refractivity (Wildman–Crippen MR) is 81.1 cm³/mol. The minimum Gasteiger partial charge on any atom is -0.263 e. The fraction of sp³-hybridized carbons (Fsp3) is 0.438. The molecule has 2 fully saturated rings. The quantitative estimate of drug-likeness (QED) is 0.635. The Bertz CT molecular complexity index is 626. The highest BCUT2D eigenvalue weighted by Gasteiger charge is 2.47. The Kier molecular flexibility index (Phi) is 4.16. The van der Waals surface area contributed by atoms with Gasteiger partial charge >= 0.3 is 17.8 Å². The number of nitrogens with zero attached hydrogens (tertiary/aromatic N) is 2. The van der Waals surface area contributed by atoms with E-state index in [1.807, 2.05) is 0 Å². The molecule has 0 unspecified atom stereocenters. The molecule has 0 bridgehead atoms. The Morgan fingerprint density at radius 2 is 1.68 bits per heavy atom. The van der Waals surface area contributed by atoms with Gasteiger partial charge in [0.25, 0.3) is 0 Å². The normalized spacial score (nSPS) is 20.1. The van der Waals surface area contributed by atoms with Gasteiger partial charge in [-0.05, 0) is 24.5 Å². The number of benzene rings is 1. The number of carbonyl (C=O) groups is 3. The second-order valence-electron chi connectivity index (χ2n) is 5.73. The van der Waals surface area contributed by atoms with Crippen LogP contribution in [0.5, 0.6) is 0 Å². The van der Waals surface area contributed by atoms with Gasteiger partial charge in [-0.15, -0.1) is 0 Å². The molecule has 0 spiro atoms. The van der Waals surface area contributed by atoms with Crippen molar-refractivity contribution in [3.8, 4) is 0 Å². The van der Waals surface area contributed by atoms with Gasteiger partial charge < -0.3 is 0 Å². The summed E-state index contributed by atoms with van der Waals surface area (Å²) in [6, 6.07) is 6.35. The first-order valence-electron chi connectivity index (χ1n) is 7.52. The van der Waals surface area contributed by atoms with Gasteiger partial charge in [-0.2, -0.15) is 0 Å². The Balaban J connectivity index is 1.81. The summed E-state index contributed by atoms with van der Waals surface area (Å²) in [7, 11) is 0. The van der Waals surface area contributed by atoms with E-state index in [0.29, 0.717) is 10.6 Å². The number of hydrogen-bond acceptors (Lipinski definition) is 3. The molecule has 0 radical (unpaired) electrons. The highest BCUT2D eigenvalue weighted by atomic mass is 35.5. The van der Waals surface area contributed by atoms with Gasteiger partial charge in [-0.25, -0.2) is 4.79 Å². The molecule has 0 atom stereocenters. The molecule has 0 aromatic heterocycles. The van der Waals surface area contributed by atoms with E-state index in [1.165, 1.54) is 0 Å². The van der Waals surface area contributed by atoms with Crippen molar-refractivity contribution in [2.45, 2.75) is 44.7 Å². The fourth-order valence-electron chi connectivity index (χ4n) is 3.12. The van der Waals surface area contributed by atoms with Crippen molar-refractivity contribution in [2.24, 2.45) is 0 Å². The van der Waals surface area contributed by atoms with Crippen molar-refractivity contribution in [3.63, 3.8) is 0 Å². The molecule has 1 heterocycles. The van der Waals surface area contributed by atoms with Crippen LogP contribution in [0.25, 0.3) is 0 Å². The van der Waals surface area contributed by atoms with E-state index in [-0.39, 0.29) is 12.6 Å². The van der Waals surface area contributed by atoms with Gasteiger partial charge in [0, 0.05) is 11.1 Å². The maximum atomic E-state index is 12.5.